The average molecular weight is 291 g/mol. The third-order valence-electron chi connectivity index (χ3n) is 3.73. The van der Waals surface area contributed by atoms with Gasteiger partial charge in [-0.2, -0.15) is 0 Å². The molecule has 3 nitrogen and oxygen atoms in total. The minimum Gasteiger partial charge on any atom is -0.315 e. The average Bonchev–Trinajstić information content (AvgIpc) is 2.49. The summed E-state index contributed by atoms with van der Waals surface area (Å²) >= 11 is 0. The van der Waals surface area contributed by atoms with Crippen molar-refractivity contribution in [1.82, 2.24) is 15.1 Å². The molecule has 0 bridgehead atoms. The van der Waals surface area contributed by atoms with Crippen molar-refractivity contribution in [2.45, 2.75) is 32.7 Å². The van der Waals surface area contributed by atoms with Crippen molar-refractivity contribution in [2.75, 3.05) is 46.8 Å². The van der Waals surface area contributed by atoms with E-state index in [-0.39, 0.29) is 0 Å². The molecule has 0 aromatic heterocycles. The second-order valence-corrected chi connectivity index (χ2v) is 5.97. The van der Waals surface area contributed by atoms with E-state index in [0.29, 0.717) is 6.04 Å². The first kappa shape index (κ1) is 18.1. The van der Waals surface area contributed by atoms with Gasteiger partial charge in [0.25, 0.3) is 0 Å². The molecular formula is C18H33N3. The van der Waals surface area contributed by atoms with E-state index in [9.17, 15) is 0 Å². The molecule has 1 unspecified atom stereocenters. The second-order valence-electron chi connectivity index (χ2n) is 5.97. The van der Waals surface area contributed by atoms with Gasteiger partial charge in [-0.3, -0.25) is 4.90 Å². The lowest BCUT2D eigenvalue weighted by atomic mass is 10.0. The number of nitrogens with zero attached hydrogens (tertiary/aromatic N) is 2. The fraction of sp³-hybridized carbons (Fsp3) is 0.667. The van der Waals surface area contributed by atoms with Crippen LogP contribution < -0.4 is 5.32 Å². The molecule has 1 rings (SSSR count). The summed E-state index contributed by atoms with van der Waals surface area (Å²) in [4.78, 5) is 4.89. The highest BCUT2D eigenvalue weighted by Gasteiger charge is 2.19. The Labute approximate surface area is 131 Å². The van der Waals surface area contributed by atoms with Crippen LogP contribution in [0, 0.1) is 0 Å². The van der Waals surface area contributed by atoms with E-state index in [0.717, 1.165) is 32.7 Å². The SMILES string of the molecule is CCCNCC(c1ccccc1)N(CCC)CCN(C)C. The molecule has 0 aliphatic rings. The third kappa shape index (κ3) is 7.07. The molecule has 21 heavy (non-hydrogen) atoms. The van der Waals surface area contributed by atoms with Crippen LogP contribution in [0.5, 0.6) is 0 Å². The molecule has 0 amide bonds. The number of hydrogen-bond acceptors (Lipinski definition) is 3. The Morgan fingerprint density at radius 3 is 2.24 bits per heavy atom. The summed E-state index contributed by atoms with van der Waals surface area (Å²) in [5.41, 5.74) is 1.42. The predicted molar refractivity (Wildman–Crippen MR) is 92.8 cm³/mol. The van der Waals surface area contributed by atoms with Crippen LogP contribution >= 0.6 is 0 Å². The summed E-state index contributed by atoms with van der Waals surface area (Å²) < 4.78 is 0. The molecule has 1 aromatic carbocycles. The van der Waals surface area contributed by atoms with E-state index >= 15 is 0 Å². The van der Waals surface area contributed by atoms with Crippen molar-refractivity contribution in [3.8, 4) is 0 Å². The first-order valence-corrected chi connectivity index (χ1v) is 8.33. The van der Waals surface area contributed by atoms with E-state index in [2.05, 4.69) is 73.4 Å². The van der Waals surface area contributed by atoms with Gasteiger partial charge in [-0.25, -0.2) is 0 Å². The first-order valence-electron chi connectivity index (χ1n) is 8.33. The molecule has 1 atom stereocenters. The molecule has 120 valence electrons. The van der Waals surface area contributed by atoms with Gasteiger partial charge in [-0.05, 0) is 45.6 Å². The van der Waals surface area contributed by atoms with Crippen molar-refractivity contribution < 1.29 is 0 Å². The predicted octanol–water partition coefficient (Wildman–Crippen LogP) is 3.00. The number of benzene rings is 1. The smallest absolute Gasteiger partial charge is 0.0473 e. The highest BCUT2D eigenvalue weighted by Crippen LogP contribution is 2.20. The van der Waals surface area contributed by atoms with Gasteiger partial charge in [-0.15, -0.1) is 0 Å². The topological polar surface area (TPSA) is 18.5 Å². The molecule has 0 saturated heterocycles. The zero-order valence-corrected chi connectivity index (χ0v) is 14.3. The normalized spacial score (nSPS) is 13.0. The Hall–Kier alpha value is -0.900. The van der Waals surface area contributed by atoms with Gasteiger partial charge in [0.05, 0.1) is 0 Å². The van der Waals surface area contributed by atoms with E-state index in [1.807, 2.05) is 0 Å². The van der Waals surface area contributed by atoms with Gasteiger partial charge in [0, 0.05) is 25.7 Å². The maximum atomic E-state index is 3.60. The zero-order chi connectivity index (χ0) is 15.5. The lowest BCUT2D eigenvalue weighted by Crippen LogP contribution is -2.40. The number of hydrogen-bond donors (Lipinski definition) is 1. The summed E-state index contributed by atoms with van der Waals surface area (Å²) in [5.74, 6) is 0. The van der Waals surface area contributed by atoms with Crippen LogP contribution in [0.4, 0.5) is 0 Å². The molecule has 0 aliphatic carbocycles. The fourth-order valence-electron chi connectivity index (χ4n) is 2.59. The van der Waals surface area contributed by atoms with E-state index < -0.39 is 0 Å². The molecule has 0 aliphatic heterocycles. The lowest BCUT2D eigenvalue weighted by Gasteiger charge is -2.33. The Morgan fingerprint density at radius 1 is 0.952 bits per heavy atom. The van der Waals surface area contributed by atoms with Crippen molar-refractivity contribution in [1.29, 1.82) is 0 Å². The van der Waals surface area contributed by atoms with Crippen LogP contribution in [0.2, 0.25) is 0 Å². The molecule has 1 aromatic rings. The number of nitrogens with one attached hydrogen (secondary N) is 1. The van der Waals surface area contributed by atoms with E-state index in [4.69, 9.17) is 0 Å². The van der Waals surface area contributed by atoms with E-state index in [1.54, 1.807) is 0 Å². The Balaban J connectivity index is 2.78. The molecule has 3 heteroatoms. The fourth-order valence-corrected chi connectivity index (χ4v) is 2.59. The number of likely N-dealkylation sites (N-methyl/N-ethyl adjacent to an activating group) is 1. The number of rotatable bonds is 11. The Bertz CT molecular complexity index is 351. The molecule has 1 N–H and O–H groups in total. The highest BCUT2D eigenvalue weighted by atomic mass is 15.2. The van der Waals surface area contributed by atoms with Gasteiger partial charge in [0.15, 0.2) is 0 Å². The molecule has 0 fully saturated rings. The largest absolute Gasteiger partial charge is 0.315 e. The summed E-state index contributed by atoms with van der Waals surface area (Å²) in [5, 5.41) is 3.60. The summed E-state index contributed by atoms with van der Waals surface area (Å²) in [6.45, 7) is 10.00. The Morgan fingerprint density at radius 2 is 1.67 bits per heavy atom. The van der Waals surface area contributed by atoms with Crippen LogP contribution in [0.25, 0.3) is 0 Å². The second kappa shape index (κ2) is 10.8. The van der Waals surface area contributed by atoms with Crippen LogP contribution in [0.15, 0.2) is 30.3 Å². The summed E-state index contributed by atoms with van der Waals surface area (Å²) in [7, 11) is 4.30. The van der Waals surface area contributed by atoms with Gasteiger partial charge < -0.3 is 10.2 Å². The molecular weight excluding hydrogens is 258 g/mol. The van der Waals surface area contributed by atoms with E-state index in [1.165, 1.54) is 18.4 Å². The van der Waals surface area contributed by atoms with Crippen molar-refractivity contribution in [2.24, 2.45) is 0 Å². The monoisotopic (exact) mass is 291 g/mol. The minimum absolute atomic E-state index is 0.470. The van der Waals surface area contributed by atoms with Crippen LogP contribution in [0.1, 0.15) is 38.3 Å². The van der Waals surface area contributed by atoms with Crippen molar-refractivity contribution in [3.63, 3.8) is 0 Å². The van der Waals surface area contributed by atoms with Gasteiger partial charge >= 0.3 is 0 Å². The molecule has 0 saturated carbocycles. The van der Waals surface area contributed by atoms with Gasteiger partial charge in [0.2, 0.25) is 0 Å². The standard InChI is InChI=1S/C18H33N3/c1-5-12-19-16-18(17-10-8-7-9-11-17)21(13-6-2)15-14-20(3)4/h7-11,18-19H,5-6,12-16H2,1-4H3. The molecule has 0 spiro atoms. The summed E-state index contributed by atoms with van der Waals surface area (Å²) in [6, 6.07) is 11.4. The maximum absolute atomic E-state index is 3.60. The molecule has 0 radical (unpaired) electrons. The zero-order valence-electron chi connectivity index (χ0n) is 14.3. The Kier molecular flexibility index (Phi) is 9.31. The van der Waals surface area contributed by atoms with Gasteiger partial charge in [-0.1, -0.05) is 44.2 Å². The van der Waals surface area contributed by atoms with Crippen LogP contribution in [0.3, 0.4) is 0 Å². The quantitative estimate of drug-likeness (QED) is 0.632. The van der Waals surface area contributed by atoms with Crippen molar-refractivity contribution >= 4 is 0 Å². The third-order valence-corrected chi connectivity index (χ3v) is 3.73. The van der Waals surface area contributed by atoms with Gasteiger partial charge in [0.1, 0.15) is 0 Å². The summed E-state index contributed by atoms with van der Waals surface area (Å²) in [6.07, 6.45) is 2.39. The minimum atomic E-state index is 0.470. The first-order chi connectivity index (χ1) is 10.2. The maximum Gasteiger partial charge on any atom is 0.0473 e. The van der Waals surface area contributed by atoms with Crippen LogP contribution in [-0.4, -0.2) is 56.6 Å². The highest BCUT2D eigenvalue weighted by molar-refractivity contribution is 5.19. The van der Waals surface area contributed by atoms with Crippen LogP contribution in [-0.2, 0) is 0 Å². The lowest BCUT2D eigenvalue weighted by molar-refractivity contribution is 0.175. The van der Waals surface area contributed by atoms with Crippen molar-refractivity contribution in [3.05, 3.63) is 35.9 Å². The molecule has 0 heterocycles.